The van der Waals surface area contributed by atoms with Crippen LogP contribution in [0.25, 0.3) is 0 Å². The van der Waals surface area contributed by atoms with Gasteiger partial charge in [-0.1, -0.05) is 6.07 Å². The van der Waals surface area contributed by atoms with Crippen molar-refractivity contribution >= 4 is 18.3 Å². The molecular formula is C16H23ClN2O4. The van der Waals surface area contributed by atoms with Gasteiger partial charge in [0.1, 0.15) is 0 Å². The Morgan fingerprint density at radius 2 is 2.22 bits per heavy atom. The van der Waals surface area contributed by atoms with Gasteiger partial charge >= 0.3 is 0 Å². The molecule has 1 fully saturated rings. The molecule has 1 amide bonds. The second kappa shape index (κ2) is 8.38. The molecule has 0 saturated carbocycles. The first-order valence-corrected chi connectivity index (χ1v) is 7.68. The molecule has 0 radical (unpaired) electrons. The molecule has 2 heterocycles. The van der Waals surface area contributed by atoms with Crippen molar-refractivity contribution in [1.82, 2.24) is 10.2 Å². The third-order valence-electron chi connectivity index (χ3n) is 4.11. The first-order valence-electron chi connectivity index (χ1n) is 7.68. The lowest BCUT2D eigenvalue weighted by atomic mass is 10.0. The van der Waals surface area contributed by atoms with Crippen LogP contribution in [0.1, 0.15) is 24.4 Å². The zero-order valence-electron chi connectivity index (χ0n) is 13.2. The van der Waals surface area contributed by atoms with Crippen LogP contribution in [0, 0.1) is 0 Å². The van der Waals surface area contributed by atoms with Gasteiger partial charge in [0, 0.05) is 20.2 Å². The molecular weight excluding hydrogens is 320 g/mol. The molecule has 2 aliphatic rings. The van der Waals surface area contributed by atoms with E-state index in [0.29, 0.717) is 19.7 Å². The van der Waals surface area contributed by atoms with E-state index < -0.39 is 0 Å². The number of nitrogens with one attached hydrogen (secondary N) is 1. The number of fused-ring (bicyclic) bond motifs is 1. The summed E-state index contributed by atoms with van der Waals surface area (Å²) >= 11 is 0. The summed E-state index contributed by atoms with van der Waals surface area (Å²) in [5.74, 6) is 1.69. The average Bonchev–Trinajstić information content (AvgIpc) is 3.18. The number of halogens is 1. The highest BCUT2D eigenvalue weighted by Crippen LogP contribution is 2.38. The first-order chi connectivity index (χ1) is 10.8. The molecule has 1 aromatic rings. The number of methoxy groups -OCH3 is 1. The Hall–Kier alpha value is -1.50. The van der Waals surface area contributed by atoms with E-state index in [9.17, 15) is 4.79 Å². The highest BCUT2D eigenvalue weighted by Gasteiger charge is 2.30. The maximum atomic E-state index is 12.4. The van der Waals surface area contributed by atoms with E-state index in [4.69, 9.17) is 14.2 Å². The van der Waals surface area contributed by atoms with Crippen LogP contribution in [0.5, 0.6) is 11.5 Å². The van der Waals surface area contributed by atoms with Crippen LogP contribution in [0.15, 0.2) is 18.2 Å². The van der Waals surface area contributed by atoms with Gasteiger partial charge in [-0.15, -0.1) is 12.4 Å². The molecule has 0 aliphatic carbocycles. The van der Waals surface area contributed by atoms with E-state index >= 15 is 0 Å². The Bertz CT molecular complexity index is 541. The van der Waals surface area contributed by atoms with E-state index in [2.05, 4.69) is 5.32 Å². The van der Waals surface area contributed by atoms with Gasteiger partial charge in [0.25, 0.3) is 0 Å². The molecule has 3 rings (SSSR count). The van der Waals surface area contributed by atoms with Crippen LogP contribution in [-0.4, -0.2) is 51.0 Å². The van der Waals surface area contributed by atoms with Crippen molar-refractivity contribution in [1.29, 1.82) is 0 Å². The molecule has 128 valence electrons. The fourth-order valence-corrected chi connectivity index (χ4v) is 3.00. The summed E-state index contributed by atoms with van der Waals surface area (Å²) in [5.41, 5.74) is 1.12. The maximum Gasteiger partial charge on any atom is 0.237 e. The van der Waals surface area contributed by atoms with Gasteiger partial charge < -0.3 is 24.4 Å². The minimum Gasteiger partial charge on any atom is -0.454 e. The smallest absolute Gasteiger partial charge is 0.237 e. The van der Waals surface area contributed by atoms with Crippen LogP contribution in [-0.2, 0) is 9.53 Å². The summed E-state index contributed by atoms with van der Waals surface area (Å²) in [4.78, 5) is 14.3. The Labute approximate surface area is 142 Å². The minimum atomic E-state index is 0. The van der Waals surface area contributed by atoms with Crippen LogP contribution in [0.3, 0.4) is 0 Å². The Morgan fingerprint density at radius 3 is 3.04 bits per heavy atom. The number of amides is 1. The van der Waals surface area contributed by atoms with Crippen molar-refractivity contribution in [2.24, 2.45) is 0 Å². The summed E-state index contributed by atoms with van der Waals surface area (Å²) in [7, 11) is 1.65. The van der Waals surface area contributed by atoms with Gasteiger partial charge in [-0.2, -0.15) is 0 Å². The third-order valence-corrected chi connectivity index (χ3v) is 4.11. The van der Waals surface area contributed by atoms with Crippen LogP contribution in [0.2, 0.25) is 0 Å². The molecule has 0 spiro atoms. The lowest BCUT2D eigenvalue weighted by Crippen LogP contribution is -2.38. The monoisotopic (exact) mass is 342 g/mol. The van der Waals surface area contributed by atoms with Crippen LogP contribution < -0.4 is 14.8 Å². The average molecular weight is 343 g/mol. The van der Waals surface area contributed by atoms with E-state index in [-0.39, 0.29) is 31.1 Å². The summed E-state index contributed by atoms with van der Waals surface area (Å²) < 4.78 is 15.7. The molecule has 1 atom stereocenters. The van der Waals surface area contributed by atoms with Crippen molar-refractivity contribution in [3.8, 4) is 11.5 Å². The number of benzene rings is 1. The van der Waals surface area contributed by atoms with E-state index in [1.165, 1.54) is 0 Å². The van der Waals surface area contributed by atoms with Gasteiger partial charge in [-0.25, -0.2) is 0 Å². The number of rotatable bonds is 6. The van der Waals surface area contributed by atoms with E-state index in [1.807, 2.05) is 23.1 Å². The molecule has 1 unspecified atom stereocenters. The number of carbonyl (C=O) groups is 1. The minimum absolute atomic E-state index is 0. The zero-order chi connectivity index (χ0) is 15.4. The Kier molecular flexibility index (Phi) is 6.50. The predicted molar refractivity (Wildman–Crippen MR) is 88.2 cm³/mol. The number of hydrogen-bond donors (Lipinski definition) is 1. The highest BCUT2D eigenvalue weighted by atomic mass is 35.5. The molecule has 1 saturated heterocycles. The number of hydrogen-bond acceptors (Lipinski definition) is 5. The molecule has 23 heavy (non-hydrogen) atoms. The zero-order valence-corrected chi connectivity index (χ0v) is 14.1. The number of nitrogens with zero attached hydrogens (tertiary/aromatic N) is 1. The van der Waals surface area contributed by atoms with Gasteiger partial charge in [0.05, 0.1) is 19.2 Å². The topological polar surface area (TPSA) is 60.0 Å². The summed E-state index contributed by atoms with van der Waals surface area (Å²) in [6.07, 6.45) is 2.02. The number of likely N-dealkylation sites (tertiary alicyclic amines) is 1. The Balaban J connectivity index is 0.00000192. The van der Waals surface area contributed by atoms with Crippen LogP contribution in [0.4, 0.5) is 0 Å². The largest absolute Gasteiger partial charge is 0.454 e. The standard InChI is InChI=1S/C16H22N2O4.ClH/c1-20-8-6-17-10-16(19)18-7-2-3-13(18)12-4-5-14-15(9-12)22-11-21-14;/h4-5,9,13,17H,2-3,6-8,10-11H2,1H3;1H. The van der Waals surface area contributed by atoms with Gasteiger partial charge in [-0.05, 0) is 30.5 Å². The second-order valence-electron chi connectivity index (χ2n) is 5.53. The van der Waals surface area contributed by atoms with E-state index in [1.54, 1.807) is 7.11 Å². The second-order valence-corrected chi connectivity index (χ2v) is 5.53. The normalized spacial score (nSPS) is 18.8. The summed E-state index contributed by atoms with van der Waals surface area (Å²) in [6.45, 7) is 2.73. The molecule has 1 N–H and O–H groups in total. The van der Waals surface area contributed by atoms with Crippen molar-refractivity contribution in [3.05, 3.63) is 23.8 Å². The Morgan fingerprint density at radius 1 is 1.39 bits per heavy atom. The number of ether oxygens (including phenoxy) is 3. The fraction of sp³-hybridized carbons (Fsp3) is 0.562. The highest BCUT2D eigenvalue weighted by molar-refractivity contribution is 5.85. The SMILES string of the molecule is COCCNCC(=O)N1CCCC1c1ccc2c(c1)OCO2.Cl. The van der Waals surface area contributed by atoms with Crippen molar-refractivity contribution in [2.45, 2.75) is 18.9 Å². The lowest BCUT2D eigenvalue weighted by molar-refractivity contribution is -0.131. The molecule has 6 nitrogen and oxygen atoms in total. The molecule has 2 aliphatic heterocycles. The summed E-state index contributed by atoms with van der Waals surface area (Å²) in [5, 5.41) is 3.12. The number of carbonyl (C=O) groups excluding carboxylic acids is 1. The van der Waals surface area contributed by atoms with Crippen molar-refractivity contribution < 1.29 is 19.0 Å². The van der Waals surface area contributed by atoms with Gasteiger partial charge in [-0.3, -0.25) is 4.79 Å². The van der Waals surface area contributed by atoms with Crippen LogP contribution >= 0.6 is 12.4 Å². The van der Waals surface area contributed by atoms with Crippen molar-refractivity contribution in [3.63, 3.8) is 0 Å². The summed E-state index contributed by atoms with van der Waals surface area (Å²) in [6, 6.07) is 6.08. The third kappa shape index (κ3) is 4.07. The predicted octanol–water partition coefficient (Wildman–Crippen LogP) is 1.74. The fourth-order valence-electron chi connectivity index (χ4n) is 3.00. The lowest BCUT2D eigenvalue weighted by Gasteiger charge is -2.25. The first kappa shape index (κ1) is 17.8. The maximum absolute atomic E-state index is 12.4. The van der Waals surface area contributed by atoms with Gasteiger partial charge in [0.15, 0.2) is 11.5 Å². The van der Waals surface area contributed by atoms with Crippen molar-refractivity contribution in [2.75, 3.05) is 40.1 Å². The quantitative estimate of drug-likeness (QED) is 0.798. The molecule has 0 aromatic heterocycles. The van der Waals surface area contributed by atoms with Gasteiger partial charge in [0.2, 0.25) is 12.7 Å². The molecule has 1 aromatic carbocycles. The molecule has 0 bridgehead atoms. The van der Waals surface area contributed by atoms with E-state index in [0.717, 1.165) is 36.4 Å². The molecule has 7 heteroatoms.